The summed E-state index contributed by atoms with van der Waals surface area (Å²) in [6.45, 7) is 9.35. The maximum atomic E-state index is 12.4. The van der Waals surface area contributed by atoms with Crippen molar-refractivity contribution in [1.82, 2.24) is 9.78 Å². The first-order valence-corrected chi connectivity index (χ1v) is 9.71. The molecule has 0 bridgehead atoms. The van der Waals surface area contributed by atoms with Crippen LogP contribution < -0.4 is 5.32 Å². The zero-order valence-corrected chi connectivity index (χ0v) is 17.8. The Morgan fingerprint density at radius 3 is 2.40 bits per heavy atom. The van der Waals surface area contributed by atoms with E-state index in [0.29, 0.717) is 22.5 Å². The fourth-order valence-corrected chi connectivity index (χ4v) is 2.58. The van der Waals surface area contributed by atoms with Crippen molar-refractivity contribution in [1.29, 1.82) is 0 Å². The van der Waals surface area contributed by atoms with Crippen LogP contribution in [0.1, 0.15) is 45.0 Å². The first-order valence-electron chi connectivity index (χ1n) is 9.71. The zero-order valence-electron chi connectivity index (χ0n) is 17.8. The van der Waals surface area contributed by atoms with Gasteiger partial charge in [0.05, 0.1) is 11.9 Å². The minimum atomic E-state index is -0.641. The highest BCUT2D eigenvalue weighted by Gasteiger charge is 2.21. The molecule has 1 aromatic heterocycles. The van der Waals surface area contributed by atoms with Crippen LogP contribution in [0.3, 0.4) is 0 Å². The predicted molar refractivity (Wildman–Crippen MR) is 117 cm³/mol. The standard InChI is InChI=1S/C21H21N3O4.C2H6/c1-21(2,3)28-20(27)24-18(10-11-22-24)14-6-4-8-16(12-14)23-19(26)15-7-5-9-17(25)13-15;1-2/h4-13,25H,1-3H3,(H,23,26);1-2H3. The molecule has 7 heteroatoms. The molecule has 0 unspecified atom stereocenters. The molecule has 0 saturated heterocycles. The van der Waals surface area contributed by atoms with Crippen molar-refractivity contribution in [3.8, 4) is 17.0 Å². The normalized spacial score (nSPS) is 10.6. The van der Waals surface area contributed by atoms with E-state index < -0.39 is 11.7 Å². The van der Waals surface area contributed by atoms with Crippen LogP contribution in [0.15, 0.2) is 60.8 Å². The van der Waals surface area contributed by atoms with E-state index in [1.54, 1.807) is 57.2 Å². The predicted octanol–water partition coefficient (Wildman–Crippen LogP) is 5.32. The molecule has 158 valence electrons. The van der Waals surface area contributed by atoms with Gasteiger partial charge in [-0.3, -0.25) is 4.79 Å². The van der Waals surface area contributed by atoms with Crippen LogP contribution in [0.4, 0.5) is 10.5 Å². The van der Waals surface area contributed by atoms with E-state index in [1.807, 2.05) is 19.9 Å². The van der Waals surface area contributed by atoms with Crippen molar-refractivity contribution in [3.05, 3.63) is 66.4 Å². The molecule has 0 atom stereocenters. The smallest absolute Gasteiger partial charge is 0.435 e. The molecule has 3 aromatic rings. The monoisotopic (exact) mass is 409 g/mol. The number of hydrogen-bond donors (Lipinski definition) is 2. The van der Waals surface area contributed by atoms with Gasteiger partial charge in [-0.15, -0.1) is 0 Å². The summed E-state index contributed by atoms with van der Waals surface area (Å²) >= 11 is 0. The maximum Gasteiger partial charge on any atom is 0.435 e. The largest absolute Gasteiger partial charge is 0.508 e. The number of nitrogens with zero attached hydrogens (tertiary/aromatic N) is 2. The Kier molecular flexibility index (Phi) is 7.36. The SMILES string of the molecule is CC.CC(C)(C)OC(=O)n1nccc1-c1cccc(NC(=O)c2cccc(O)c2)c1. The lowest BCUT2D eigenvalue weighted by molar-refractivity contribution is 0.0517. The highest BCUT2D eigenvalue weighted by molar-refractivity contribution is 6.04. The van der Waals surface area contributed by atoms with E-state index in [2.05, 4.69) is 10.4 Å². The summed E-state index contributed by atoms with van der Waals surface area (Å²) in [6.07, 6.45) is 0.929. The third-order valence-electron chi connectivity index (χ3n) is 3.73. The van der Waals surface area contributed by atoms with Gasteiger partial charge in [0.1, 0.15) is 11.4 Å². The molecule has 2 aromatic carbocycles. The van der Waals surface area contributed by atoms with Crippen LogP contribution in [0, 0.1) is 0 Å². The summed E-state index contributed by atoms with van der Waals surface area (Å²) < 4.78 is 6.56. The molecule has 0 fully saturated rings. The van der Waals surface area contributed by atoms with Crippen LogP contribution in [-0.4, -0.2) is 32.5 Å². The highest BCUT2D eigenvalue weighted by Crippen LogP contribution is 2.24. The minimum absolute atomic E-state index is 0.0164. The summed E-state index contributed by atoms with van der Waals surface area (Å²) in [7, 11) is 0. The molecule has 1 heterocycles. The molecule has 0 aliphatic heterocycles. The number of benzene rings is 2. The third-order valence-corrected chi connectivity index (χ3v) is 3.73. The number of nitrogens with one attached hydrogen (secondary N) is 1. The number of aromatic hydroxyl groups is 1. The number of carbonyl (C=O) groups is 2. The highest BCUT2D eigenvalue weighted by atomic mass is 16.6. The molecule has 0 aliphatic carbocycles. The second kappa shape index (κ2) is 9.73. The lowest BCUT2D eigenvalue weighted by atomic mass is 10.1. The van der Waals surface area contributed by atoms with Gasteiger partial charge in [-0.2, -0.15) is 9.78 Å². The lowest BCUT2D eigenvalue weighted by Crippen LogP contribution is -2.28. The number of ether oxygens (including phenoxy) is 1. The molecule has 30 heavy (non-hydrogen) atoms. The Balaban J connectivity index is 0.00000155. The van der Waals surface area contributed by atoms with Gasteiger partial charge in [-0.25, -0.2) is 4.79 Å². The van der Waals surface area contributed by atoms with Gasteiger partial charge in [0, 0.05) is 16.8 Å². The Morgan fingerprint density at radius 1 is 1.03 bits per heavy atom. The van der Waals surface area contributed by atoms with E-state index in [0.717, 1.165) is 0 Å². The fraction of sp³-hybridized carbons (Fsp3) is 0.261. The van der Waals surface area contributed by atoms with Gasteiger partial charge in [0.15, 0.2) is 0 Å². The summed E-state index contributed by atoms with van der Waals surface area (Å²) in [6, 6.07) is 14.8. The fourth-order valence-electron chi connectivity index (χ4n) is 2.58. The molecule has 1 amide bonds. The molecule has 0 aliphatic rings. The Bertz CT molecular complexity index is 1020. The second-order valence-corrected chi connectivity index (χ2v) is 7.19. The Morgan fingerprint density at radius 2 is 1.73 bits per heavy atom. The third kappa shape index (κ3) is 5.94. The van der Waals surface area contributed by atoms with E-state index in [4.69, 9.17) is 4.74 Å². The lowest BCUT2D eigenvalue weighted by Gasteiger charge is -2.19. The van der Waals surface area contributed by atoms with Crippen molar-refractivity contribution in [2.24, 2.45) is 0 Å². The number of phenolic OH excluding ortho intramolecular Hbond substituents is 1. The molecule has 0 radical (unpaired) electrons. The molecule has 0 spiro atoms. The average molecular weight is 409 g/mol. The number of carbonyl (C=O) groups excluding carboxylic acids is 2. The molecular formula is C23H27N3O4. The molecular weight excluding hydrogens is 382 g/mol. The summed E-state index contributed by atoms with van der Waals surface area (Å²) in [4.78, 5) is 24.8. The van der Waals surface area contributed by atoms with E-state index in [-0.39, 0.29) is 11.7 Å². The van der Waals surface area contributed by atoms with Gasteiger partial charge in [-0.05, 0) is 57.2 Å². The van der Waals surface area contributed by atoms with Crippen molar-refractivity contribution in [2.45, 2.75) is 40.2 Å². The number of phenols is 1. The van der Waals surface area contributed by atoms with Gasteiger partial charge >= 0.3 is 6.09 Å². The quantitative estimate of drug-likeness (QED) is 0.611. The Hall–Kier alpha value is -3.61. The molecule has 3 rings (SSSR count). The molecule has 0 saturated carbocycles. The van der Waals surface area contributed by atoms with E-state index in [1.165, 1.54) is 23.0 Å². The van der Waals surface area contributed by atoms with Gasteiger partial charge < -0.3 is 15.2 Å². The van der Waals surface area contributed by atoms with Crippen LogP contribution in [0.25, 0.3) is 11.3 Å². The van der Waals surface area contributed by atoms with Gasteiger partial charge in [-0.1, -0.05) is 32.0 Å². The number of hydrogen-bond acceptors (Lipinski definition) is 5. The second-order valence-electron chi connectivity index (χ2n) is 7.19. The average Bonchev–Trinajstić information content (AvgIpc) is 3.19. The van der Waals surface area contributed by atoms with E-state index >= 15 is 0 Å². The first-order chi connectivity index (χ1) is 14.2. The molecule has 2 N–H and O–H groups in total. The van der Waals surface area contributed by atoms with Gasteiger partial charge in [0.25, 0.3) is 5.91 Å². The Labute approximate surface area is 176 Å². The number of amides is 1. The number of rotatable bonds is 3. The topological polar surface area (TPSA) is 93.5 Å². The van der Waals surface area contributed by atoms with Crippen LogP contribution in [0.5, 0.6) is 5.75 Å². The maximum absolute atomic E-state index is 12.4. The van der Waals surface area contributed by atoms with Crippen LogP contribution >= 0.6 is 0 Å². The van der Waals surface area contributed by atoms with Crippen molar-refractivity contribution >= 4 is 17.7 Å². The van der Waals surface area contributed by atoms with Crippen molar-refractivity contribution in [2.75, 3.05) is 5.32 Å². The zero-order chi connectivity index (χ0) is 22.3. The van der Waals surface area contributed by atoms with E-state index in [9.17, 15) is 14.7 Å². The summed E-state index contributed by atoms with van der Waals surface area (Å²) in [5, 5.41) is 16.4. The molecule has 7 nitrogen and oxygen atoms in total. The van der Waals surface area contributed by atoms with Crippen molar-refractivity contribution in [3.63, 3.8) is 0 Å². The number of anilines is 1. The number of aromatic nitrogens is 2. The van der Waals surface area contributed by atoms with Crippen LogP contribution in [0.2, 0.25) is 0 Å². The van der Waals surface area contributed by atoms with Crippen LogP contribution in [-0.2, 0) is 4.74 Å². The van der Waals surface area contributed by atoms with Crippen molar-refractivity contribution < 1.29 is 19.4 Å². The van der Waals surface area contributed by atoms with Gasteiger partial charge in [0.2, 0.25) is 0 Å². The minimum Gasteiger partial charge on any atom is -0.508 e. The summed E-state index contributed by atoms with van der Waals surface area (Å²) in [5.41, 5.74) is 1.48. The first kappa shape index (κ1) is 22.7. The summed E-state index contributed by atoms with van der Waals surface area (Å²) in [5.74, 6) is -0.337.